The summed E-state index contributed by atoms with van der Waals surface area (Å²) in [6.45, 7) is 1.98. The molecule has 8 heteroatoms. The van der Waals surface area contributed by atoms with Crippen molar-refractivity contribution in [2.24, 2.45) is 0 Å². The maximum Gasteiger partial charge on any atom is 0.325 e. The molecule has 2 aliphatic heterocycles. The van der Waals surface area contributed by atoms with E-state index in [4.69, 9.17) is 9.47 Å². The van der Waals surface area contributed by atoms with Crippen molar-refractivity contribution in [3.8, 4) is 5.75 Å². The minimum Gasteiger partial charge on any atom is -0.497 e. The number of amides is 3. The van der Waals surface area contributed by atoms with E-state index in [-0.39, 0.29) is 31.6 Å². The lowest BCUT2D eigenvalue weighted by molar-refractivity contribution is -0.147. The minimum absolute atomic E-state index is 0.148. The van der Waals surface area contributed by atoms with Crippen molar-refractivity contribution in [1.82, 2.24) is 15.5 Å². The van der Waals surface area contributed by atoms with Crippen LogP contribution in [-0.2, 0) is 14.3 Å². The number of carbonyl (C=O) groups excluding carboxylic acids is 3. The average Bonchev–Trinajstić information content (AvgIpc) is 2.90. The molecule has 0 spiro atoms. The smallest absolute Gasteiger partial charge is 0.325 e. The third kappa shape index (κ3) is 3.28. The molecule has 0 radical (unpaired) electrons. The maximum atomic E-state index is 12.7. The number of nitrogens with zero attached hydrogens (tertiary/aromatic N) is 1. The highest BCUT2D eigenvalue weighted by Crippen LogP contribution is 2.33. The molecule has 2 heterocycles. The van der Waals surface area contributed by atoms with Crippen LogP contribution in [-0.4, -0.2) is 49.6 Å². The summed E-state index contributed by atoms with van der Waals surface area (Å²) >= 11 is 0. The standard InChI is InChI=1S/C17H19N3O5/c1-3-25-13(21)9-20-8-12-14(16(20)22)15(19-17(23)18-12)10-4-6-11(24-2)7-5-10/h4-7,15H,3,8-9H2,1-2H3,(H2,18,19,23). The van der Waals surface area contributed by atoms with Crippen LogP contribution < -0.4 is 15.4 Å². The summed E-state index contributed by atoms with van der Waals surface area (Å²) in [6.07, 6.45) is 0. The Labute approximate surface area is 144 Å². The molecule has 0 aliphatic carbocycles. The normalized spacial score (nSPS) is 19.3. The number of esters is 1. The van der Waals surface area contributed by atoms with E-state index in [1.165, 1.54) is 4.90 Å². The highest BCUT2D eigenvalue weighted by Gasteiger charge is 2.41. The van der Waals surface area contributed by atoms with Crippen molar-refractivity contribution >= 4 is 17.9 Å². The summed E-state index contributed by atoms with van der Waals surface area (Å²) in [5.74, 6) is -0.0905. The van der Waals surface area contributed by atoms with Gasteiger partial charge in [-0.15, -0.1) is 0 Å². The zero-order valence-corrected chi connectivity index (χ0v) is 14.0. The Balaban J connectivity index is 1.85. The van der Waals surface area contributed by atoms with Crippen molar-refractivity contribution < 1.29 is 23.9 Å². The molecule has 3 rings (SSSR count). The lowest BCUT2D eigenvalue weighted by Crippen LogP contribution is -2.44. The summed E-state index contributed by atoms with van der Waals surface area (Å²) in [5, 5.41) is 5.42. The van der Waals surface area contributed by atoms with Gasteiger partial charge in [0.1, 0.15) is 12.3 Å². The molecule has 0 saturated carbocycles. The first-order chi connectivity index (χ1) is 12.0. The molecule has 25 heavy (non-hydrogen) atoms. The van der Waals surface area contributed by atoms with Crippen molar-refractivity contribution in [2.45, 2.75) is 13.0 Å². The first-order valence-corrected chi connectivity index (χ1v) is 7.93. The first-order valence-electron chi connectivity index (χ1n) is 7.93. The Hall–Kier alpha value is -3.03. The molecule has 1 aromatic carbocycles. The van der Waals surface area contributed by atoms with Crippen LogP contribution in [0.4, 0.5) is 4.79 Å². The van der Waals surface area contributed by atoms with E-state index < -0.39 is 12.0 Å². The largest absolute Gasteiger partial charge is 0.497 e. The molecule has 0 saturated heterocycles. The van der Waals surface area contributed by atoms with E-state index in [0.717, 1.165) is 5.56 Å². The third-order valence-electron chi connectivity index (χ3n) is 4.09. The van der Waals surface area contributed by atoms with Crippen LogP contribution in [0.1, 0.15) is 18.5 Å². The second-order valence-corrected chi connectivity index (χ2v) is 5.66. The fraction of sp³-hybridized carbons (Fsp3) is 0.353. The van der Waals surface area contributed by atoms with Gasteiger partial charge in [-0.2, -0.15) is 0 Å². The Kier molecular flexibility index (Phi) is 4.60. The molecule has 1 aromatic rings. The molecule has 132 valence electrons. The molecule has 2 aliphatic rings. The second kappa shape index (κ2) is 6.84. The molecule has 2 N–H and O–H groups in total. The van der Waals surface area contributed by atoms with Crippen LogP contribution in [0.2, 0.25) is 0 Å². The van der Waals surface area contributed by atoms with E-state index in [9.17, 15) is 14.4 Å². The van der Waals surface area contributed by atoms with Gasteiger partial charge in [0.05, 0.1) is 37.6 Å². The number of nitrogens with one attached hydrogen (secondary N) is 2. The maximum absolute atomic E-state index is 12.7. The SMILES string of the molecule is CCOC(=O)CN1CC2=C(C1=O)C(c1ccc(OC)cc1)NC(=O)N2. The van der Waals surface area contributed by atoms with E-state index in [1.807, 2.05) is 0 Å². The quantitative estimate of drug-likeness (QED) is 0.766. The lowest BCUT2D eigenvalue weighted by atomic mass is 9.96. The van der Waals surface area contributed by atoms with Crippen LogP contribution in [0.5, 0.6) is 5.75 Å². The number of ether oxygens (including phenoxy) is 2. The fourth-order valence-electron chi connectivity index (χ4n) is 2.96. The summed E-state index contributed by atoms with van der Waals surface area (Å²) in [6, 6.07) is 6.15. The van der Waals surface area contributed by atoms with Gasteiger partial charge >= 0.3 is 12.0 Å². The zero-order chi connectivity index (χ0) is 18.0. The van der Waals surface area contributed by atoms with Gasteiger partial charge < -0.3 is 25.0 Å². The Morgan fingerprint density at radius 3 is 2.64 bits per heavy atom. The van der Waals surface area contributed by atoms with Crippen molar-refractivity contribution in [1.29, 1.82) is 0 Å². The minimum atomic E-state index is -0.575. The van der Waals surface area contributed by atoms with Crippen LogP contribution in [0.25, 0.3) is 0 Å². The Bertz CT molecular complexity index is 741. The van der Waals surface area contributed by atoms with E-state index in [0.29, 0.717) is 17.0 Å². The van der Waals surface area contributed by atoms with Crippen molar-refractivity contribution in [3.05, 3.63) is 41.1 Å². The second-order valence-electron chi connectivity index (χ2n) is 5.66. The average molecular weight is 345 g/mol. The number of methoxy groups -OCH3 is 1. The Morgan fingerprint density at radius 2 is 2.00 bits per heavy atom. The molecule has 0 aromatic heterocycles. The summed E-state index contributed by atoms with van der Waals surface area (Å²) < 4.78 is 10.0. The number of rotatable bonds is 5. The molecule has 0 bridgehead atoms. The summed E-state index contributed by atoms with van der Waals surface area (Å²) in [7, 11) is 1.57. The van der Waals surface area contributed by atoms with Crippen LogP contribution in [0.15, 0.2) is 35.5 Å². The molecule has 1 atom stereocenters. The van der Waals surface area contributed by atoms with Crippen LogP contribution in [0, 0.1) is 0 Å². The van der Waals surface area contributed by atoms with Gasteiger partial charge in [0, 0.05) is 0 Å². The zero-order valence-electron chi connectivity index (χ0n) is 14.0. The van der Waals surface area contributed by atoms with Gasteiger partial charge in [0.15, 0.2) is 0 Å². The fourth-order valence-corrected chi connectivity index (χ4v) is 2.96. The molecule has 1 unspecified atom stereocenters. The topological polar surface area (TPSA) is 97.0 Å². The number of carbonyl (C=O) groups is 3. The predicted octanol–water partition coefficient (Wildman–Crippen LogP) is 0.709. The number of urea groups is 1. The van der Waals surface area contributed by atoms with E-state index in [1.54, 1.807) is 38.3 Å². The predicted molar refractivity (Wildman–Crippen MR) is 87.6 cm³/mol. The van der Waals surface area contributed by atoms with Gasteiger partial charge in [0.2, 0.25) is 0 Å². The van der Waals surface area contributed by atoms with Gasteiger partial charge in [-0.1, -0.05) is 12.1 Å². The van der Waals surface area contributed by atoms with Gasteiger partial charge in [-0.25, -0.2) is 4.79 Å². The molecular weight excluding hydrogens is 326 g/mol. The monoisotopic (exact) mass is 345 g/mol. The number of hydrogen-bond donors (Lipinski definition) is 2. The Morgan fingerprint density at radius 1 is 1.28 bits per heavy atom. The first kappa shape index (κ1) is 16.8. The lowest BCUT2D eigenvalue weighted by Gasteiger charge is -2.25. The van der Waals surface area contributed by atoms with Crippen molar-refractivity contribution in [3.63, 3.8) is 0 Å². The third-order valence-corrected chi connectivity index (χ3v) is 4.09. The van der Waals surface area contributed by atoms with E-state index >= 15 is 0 Å². The van der Waals surface area contributed by atoms with Crippen molar-refractivity contribution in [2.75, 3.05) is 26.8 Å². The highest BCUT2D eigenvalue weighted by molar-refractivity contribution is 6.02. The van der Waals surface area contributed by atoms with Gasteiger partial charge in [0.25, 0.3) is 5.91 Å². The number of benzene rings is 1. The number of hydrogen-bond acceptors (Lipinski definition) is 5. The van der Waals surface area contributed by atoms with E-state index in [2.05, 4.69) is 10.6 Å². The summed E-state index contributed by atoms with van der Waals surface area (Å²) in [4.78, 5) is 37.7. The molecule has 8 nitrogen and oxygen atoms in total. The van der Waals surface area contributed by atoms with Crippen LogP contribution in [0.3, 0.4) is 0 Å². The highest BCUT2D eigenvalue weighted by atomic mass is 16.5. The molecular formula is C17H19N3O5. The molecule has 0 fully saturated rings. The molecule has 3 amide bonds. The van der Waals surface area contributed by atoms with Gasteiger partial charge in [-0.05, 0) is 24.6 Å². The summed E-state index contributed by atoms with van der Waals surface area (Å²) in [5.41, 5.74) is 1.71. The van der Waals surface area contributed by atoms with Crippen LogP contribution >= 0.6 is 0 Å². The van der Waals surface area contributed by atoms with Gasteiger partial charge in [-0.3, -0.25) is 9.59 Å².